The van der Waals surface area contributed by atoms with E-state index in [4.69, 9.17) is 0 Å². The molecular formula is C10H10N4O. The number of aromatic amines is 1. The van der Waals surface area contributed by atoms with Gasteiger partial charge in [0, 0.05) is 24.9 Å². The van der Waals surface area contributed by atoms with Gasteiger partial charge >= 0.3 is 0 Å². The zero-order valence-electron chi connectivity index (χ0n) is 8.19. The largest absolute Gasteiger partial charge is 0.311 e. The van der Waals surface area contributed by atoms with Gasteiger partial charge in [-0.25, -0.2) is 4.98 Å². The van der Waals surface area contributed by atoms with Gasteiger partial charge in [0.05, 0.1) is 6.20 Å². The fourth-order valence-corrected chi connectivity index (χ4v) is 1.27. The van der Waals surface area contributed by atoms with Crippen molar-refractivity contribution >= 4 is 11.7 Å². The summed E-state index contributed by atoms with van der Waals surface area (Å²) in [7, 11) is 0. The third-order valence-corrected chi connectivity index (χ3v) is 1.90. The van der Waals surface area contributed by atoms with Crippen LogP contribution in [0.15, 0.2) is 30.7 Å². The third-order valence-electron chi connectivity index (χ3n) is 1.90. The number of anilines is 1. The first-order valence-electron chi connectivity index (χ1n) is 4.48. The van der Waals surface area contributed by atoms with Crippen LogP contribution in [-0.2, 0) is 4.79 Å². The Labute approximate surface area is 86.5 Å². The zero-order valence-corrected chi connectivity index (χ0v) is 8.19. The van der Waals surface area contributed by atoms with Gasteiger partial charge in [0.1, 0.15) is 5.82 Å². The molecule has 0 radical (unpaired) electrons. The van der Waals surface area contributed by atoms with Crippen LogP contribution in [0.4, 0.5) is 5.82 Å². The van der Waals surface area contributed by atoms with Crippen molar-refractivity contribution in [2.75, 3.05) is 5.32 Å². The number of rotatable bonds is 2. The van der Waals surface area contributed by atoms with E-state index in [0.29, 0.717) is 5.82 Å². The first-order chi connectivity index (χ1) is 7.25. The van der Waals surface area contributed by atoms with Gasteiger partial charge in [-0.1, -0.05) is 0 Å². The Balaban J connectivity index is 2.31. The van der Waals surface area contributed by atoms with Gasteiger partial charge in [0.2, 0.25) is 5.91 Å². The molecule has 2 N–H and O–H groups in total. The van der Waals surface area contributed by atoms with Crippen molar-refractivity contribution in [3.05, 3.63) is 30.7 Å². The maximum absolute atomic E-state index is 10.8. The number of H-pyrrole nitrogens is 1. The van der Waals surface area contributed by atoms with Gasteiger partial charge in [-0.05, 0) is 17.7 Å². The maximum atomic E-state index is 10.8. The summed E-state index contributed by atoms with van der Waals surface area (Å²) >= 11 is 0. The number of hydrogen-bond acceptors (Lipinski definition) is 3. The Kier molecular flexibility index (Phi) is 2.45. The number of nitrogens with one attached hydrogen (secondary N) is 2. The Hall–Kier alpha value is -2.17. The van der Waals surface area contributed by atoms with E-state index in [-0.39, 0.29) is 5.91 Å². The van der Waals surface area contributed by atoms with Crippen LogP contribution in [0, 0.1) is 0 Å². The number of amides is 1. The van der Waals surface area contributed by atoms with E-state index in [1.54, 1.807) is 24.7 Å². The van der Waals surface area contributed by atoms with Crippen molar-refractivity contribution < 1.29 is 4.79 Å². The first kappa shape index (κ1) is 9.39. The first-order valence-corrected chi connectivity index (χ1v) is 4.48. The standard InChI is InChI=1S/C10H10N4O/c1-7(15)14-10-4-8(2-3-11-10)9-5-12-13-6-9/h2-6H,1H3,(H,12,13)(H,11,14,15). The van der Waals surface area contributed by atoms with Crippen LogP contribution in [0.25, 0.3) is 11.1 Å². The summed E-state index contributed by atoms with van der Waals surface area (Å²) in [6, 6.07) is 3.66. The van der Waals surface area contributed by atoms with E-state index in [2.05, 4.69) is 20.5 Å². The highest BCUT2D eigenvalue weighted by Gasteiger charge is 2.01. The lowest BCUT2D eigenvalue weighted by Gasteiger charge is -2.02. The number of carbonyl (C=O) groups excluding carboxylic acids is 1. The molecule has 0 saturated carbocycles. The van der Waals surface area contributed by atoms with E-state index in [1.165, 1.54) is 6.92 Å². The average molecular weight is 202 g/mol. The minimum Gasteiger partial charge on any atom is -0.311 e. The Morgan fingerprint density at radius 1 is 1.47 bits per heavy atom. The number of pyridine rings is 1. The Morgan fingerprint density at radius 2 is 2.33 bits per heavy atom. The minimum absolute atomic E-state index is 0.133. The van der Waals surface area contributed by atoms with Crippen LogP contribution in [0.1, 0.15) is 6.92 Å². The predicted octanol–water partition coefficient (Wildman–Crippen LogP) is 1.43. The van der Waals surface area contributed by atoms with Crippen LogP contribution >= 0.6 is 0 Å². The number of nitrogens with zero attached hydrogens (tertiary/aromatic N) is 2. The highest BCUT2D eigenvalue weighted by atomic mass is 16.1. The van der Waals surface area contributed by atoms with Gasteiger partial charge in [-0.15, -0.1) is 0 Å². The van der Waals surface area contributed by atoms with Crippen molar-refractivity contribution in [1.82, 2.24) is 15.2 Å². The fourth-order valence-electron chi connectivity index (χ4n) is 1.27. The van der Waals surface area contributed by atoms with E-state index >= 15 is 0 Å². The second-order valence-electron chi connectivity index (χ2n) is 3.10. The van der Waals surface area contributed by atoms with Crippen molar-refractivity contribution in [2.45, 2.75) is 6.92 Å². The molecule has 0 aliphatic carbocycles. The Morgan fingerprint density at radius 3 is 3.00 bits per heavy atom. The molecule has 0 aromatic carbocycles. The molecule has 0 atom stereocenters. The monoisotopic (exact) mass is 202 g/mol. The smallest absolute Gasteiger partial charge is 0.222 e. The highest BCUT2D eigenvalue weighted by molar-refractivity contribution is 5.88. The molecule has 0 unspecified atom stereocenters. The van der Waals surface area contributed by atoms with Crippen LogP contribution in [-0.4, -0.2) is 21.1 Å². The lowest BCUT2D eigenvalue weighted by atomic mass is 10.1. The van der Waals surface area contributed by atoms with Crippen LogP contribution in [0.3, 0.4) is 0 Å². The molecule has 2 heterocycles. The SMILES string of the molecule is CC(=O)Nc1cc(-c2cn[nH]c2)ccn1. The van der Waals surface area contributed by atoms with E-state index < -0.39 is 0 Å². The highest BCUT2D eigenvalue weighted by Crippen LogP contribution is 2.19. The molecule has 0 bridgehead atoms. The molecule has 76 valence electrons. The molecule has 2 aromatic heterocycles. The van der Waals surface area contributed by atoms with Crippen LogP contribution < -0.4 is 5.32 Å². The van der Waals surface area contributed by atoms with Crippen molar-refractivity contribution in [1.29, 1.82) is 0 Å². The molecule has 0 spiro atoms. The van der Waals surface area contributed by atoms with Crippen molar-refractivity contribution in [3.8, 4) is 11.1 Å². The summed E-state index contributed by atoms with van der Waals surface area (Å²) in [5, 5.41) is 9.21. The molecule has 0 saturated heterocycles. The second kappa shape index (κ2) is 3.91. The van der Waals surface area contributed by atoms with Crippen molar-refractivity contribution in [3.63, 3.8) is 0 Å². The van der Waals surface area contributed by atoms with Gasteiger partial charge in [-0.3, -0.25) is 9.89 Å². The summed E-state index contributed by atoms with van der Waals surface area (Å²) < 4.78 is 0. The summed E-state index contributed by atoms with van der Waals surface area (Å²) in [6.45, 7) is 1.45. The van der Waals surface area contributed by atoms with E-state index in [1.807, 2.05) is 6.07 Å². The van der Waals surface area contributed by atoms with Crippen LogP contribution in [0.5, 0.6) is 0 Å². The number of carbonyl (C=O) groups is 1. The minimum atomic E-state index is -0.133. The molecule has 1 amide bonds. The molecule has 2 aromatic rings. The number of aromatic nitrogens is 3. The topological polar surface area (TPSA) is 70.7 Å². The fraction of sp³-hybridized carbons (Fsp3) is 0.100. The summed E-state index contributed by atoms with van der Waals surface area (Å²) in [6.07, 6.45) is 5.15. The van der Waals surface area contributed by atoms with Crippen LogP contribution in [0.2, 0.25) is 0 Å². The van der Waals surface area contributed by atoms with Gasteiger partial charge in [0.25, 0.3) is 0 Å². The summed E-state index contributed by atoms with van der Waals surface area (Å²) in [4.78, 5) is 14.9. The molecule has 2 rings (SSSR count). The Bertz CT molecular complexity index is 464. The maximum Gasteiger partial charge on any atom is 0.222 e. The van der Waals surface area contributed by atoms with E-state index in [9.17, 15) is 4.79 Å². The quantitative estimate of drug-likeness (QED) is 0.773. The number of hydrogen-bond donors (Lipinski definition) is 2. The summed E-state index contributed by atoms with van der Waals surface area (Å²) in [5.74, 6) is 0.410. The lowest BCUT2D eigenvalue weighted by molar-refractivity contribution is -0.114. The predicted molar refractivity (Wildman–Crippen MR) is 56.1 cm³/mol. The summed E-state index contributed by atoms with van der Waals surface area (Å²) in [5.41, 5.74) is 1.92. The molecule has 15 heavy (non-hydrogen) atoms. The molecule has 0 aliphatic heterocycles. The lowest BCUT2D eigenvalue weighted by Crippen LogP contribution is -2.07. The molecule has 0 aliphatic rings. The molecule has 5 nitrogen and oxygen atoms in total. The second-order valence-corrected chi connectivity index (χ2v) is 3.10. The van der Waals surface area contributed by atoms with Crippen molar-refractivity contribution in [2.24, 2.45) is 0 Å². The molecular weight excluding hydrogens is 192 g/mol. The normalized spacial score (nSPS) is 9.93. The molecule has 5 heteroatoms. The van der Waals surface area contributed by atoms with Gasteiger partial charge in [0.15, 0.2) is 0 Å². The van der Waals surface area contributed by atoms with Gasteiger partial charge < -0.3 is 5.32 Å². The molecule has 0 fully saturated rings. The average Bonchev–Trinajstić information content (AvgIpc) is 2.69. The third kappa shape index (κ3) is 2.19. The van der Waals surface area contributed by atoms with Gasteiger partial charge in [-0.2, -0.15) is 5.10 Å². The van der Waals surface area contributed by atoms with E-state index in [0.717, 1.165) is 11.1 Å². The zero-order chi connectivity index (χ0) is 10.7.